The normalized spacial score (nSPS) is 10.8. The summed E-state index contributed by atoms with van der Waals surface area (Å²) in [4.78, 5) is 9.29. The molecule has 1 heterocycles. The maximum atomic E-state index is 5.62. The number of nitrogens with two attached hydrogens (primary N) is 1. The fraction of sp³-hybridized carbons (Fsp3) is 0. The second-order valence-corrected chi connectivity index (χ2v) is 5.91. The maximum absolute atomic E-state index is 5.62. The molecule has 3 rings (SSSR count). The number of rotatable bonds is 2. The smallest absolute Gasteiger partial charge is 0.221 e. The Balaban J connectivity index is 1.98. The molecule has 5 heteroatoms. The minimum absolute atomic E-state index is 0.284. The Bertz CT molecular complexity index is 746. The number of aromatic nitrogens is 2. The van der Waals surface area contributed by atoms with Gasteiger partial charge < -0.3 is 5.73 Å². The molecule has 0 aliphatic carbocycles. The molecule has 3 nitrogen and oxygen atoms in total. The maximum Gasteiger partial charge on any atom is 0.221 e. The van der Waals surface area contributed by atoms with Gasteiger partial charge in [0.15, 0.2) is 0 Å². The van der Waals surface area contributed by atoms with E-state index in [0.717, 1.165) is 14.4 Å². The van der Waals surface area contributed by atoms with E-state index in [1.807, 2.05) is 12.1 Å². The van der Waals surface area contributed by atoms with E-state index in [-0.39, 0.29) is 5.95 Å². The molecule has 19 heavy (non-hydrogen) atoms. The summed E-state index contributed by atoms with van der Waals surface area (Å²) in [5.41, 5.74) is 5.62. The number of halogens is 1. The lowest BCUT2D eigenvalue weighted by molar-refractivity contribution is 1.04. The van der Waals surface area contributed by atoms with Crippen LogP contribution in [0.25, 0.3) is 10.8 Å². The van der Waals surface area contributed by atoms with E-state index in [4.69, 9.17) is 5.73 Å². The highest BCUT2D eigenvalue weighted by atomic mass is 79.9. The zero-order chi connectivity index (χ0) is 13.2. The molecule has 0 unspecified atom stereocenters. The summed E-state index contributed by atoms with van der Waals surface area (Å²) in [6, 6.07) is 14.6. The topological polar surface area (TPSA) is 51.8 Å². The van der Waals surface area contributed by atoms with Gasteiger partial charge >= 0.3 is 0 Å². The minimum atomic E-state index is 0.284. The van der Waals surface area contributed by atoms with Gasteiger partial charge in [-0.2, -0.15) is 0 Å². The zero-order valence-corrected chi connectivity index (χ0v) is 12.3. The van der Waals surface area contributed by atoms with Crippen molar-refractivity contribution in [1.29, 1.82) is 0 Å². The van der Waals surface area contributed by atoms with Crippen LogP contribution in [0.5, 0.6) is 0 Å². The van der Waals surface area contributed by atoms with Crippen molar-refractivity contribution in [3.05, 3.63) is 53.1 Å². The molecular weight excluding hydrogens is 322 g/mol. The Morgan fingerprint density at radius 1 is 1.05 bits per heavy atom. The number of hydrogen-bond donors (Lipinski definition) is 1. The molecule has 0 aliphatic rings. The second kappa shape index (κ2) is 5.19. The van der Waals surface area contributed by atoms with Gasteiger partial charge in [-0.05, 0) is 38.8 Å². The summed E-state index contributed by atoms with van der Waals surface area (Å²) in [7, 11) is 0. The van der Waals surface area contributed by atoms with Gasteiger partial charge in [0.05, 0.1) is 4.47 Å². The van der Waals surface area contributed by atoms with Gasteiger partial charge in [0.25, 0.3) is 0 Å². The van der Waals surface area contributed by atoms with Gasteiger partial charge in [0.1, 0.15) is 5.03 Å². The predicted octanol–water partition coefficient (Wildman–Crippen LogP) is 4.13. The lowest BCUT2D eigenvalue weighted by Crippen LogP contribution is -1.95. The molecule has 3 aromatic rings. The van der Waals surface area contributed by atoms with Crippen molar-refractivity contribution in [3.8, 4) is 0 Å². The highest BCUT2D eigenvalue weighted by Crippen LogP contribution is 2.33. The molecule has 0 atom stereocenters. The number of fused-ring (bicyclic) bond motifs is 1. The average Bonchev–Trinajstić information content (AvgIpc) is 2.43. The molecule has 94 valence electrons. The highest BCUT2D eigenvalue weighted by molar-refractivity contribution is 9.10. The first-order valence-corrected chi connectivity index (χ1v) is 7.28. The van der Waals surface area contributed by atoms with Crippen molar-refractivity contribution in [2.24, 2.45) is 0 Å². The van der Waals surface area contributed by atoms with Gasteiger partial charge in [-0.1, -0.05) is 42.1 Å². The molecular formula is C14H10BrN3S. The van der Waals surface area contributed by atoms with Gasteiger partial charge in [-0.3, -0.25) is 0 Å². The Kier molecular flexibility index (Phi) is 3.40. The number of nitrogens with zero attached hydrogens (tertiary/aromatic N) is 2. The van der Waals surface area contributed by atoms with E-state index in [1.54, 1.807) is 18.0 Å². The summed E-state index contributed by atoms with van der Waals surface area (Å²) in [5.74, 6) is 0.284. The van der Waals surface area contributed by atoms with Crippen LogP contribution in [0.4, 0.5) is 5.95 Å². The molecule has 0 fully saturated rings. The third kappa shape index (κ3) is 2.72. The molecule has 1 aromatic heterocycles. The molecule has 0 aliphatic heterocycles. The quantitative estimate of drug-likeness (QED) is 0.717. The van der Waals surface area contributed by atoms with Crippen molar-refractivity contribution in [2.45, 2.75) is 9.92 Å². The highest BCUT2D eigenvalue weighted by Gasteiger charge is 2.06. The zero-order valence-electron chi connectivity index (χ0n) is 9.88. The van der Waals surface area contributed by atoms with Crippen LogP contribution in [-0.4, -0.2) is 9.97 Å². The van der Waals surface area contributed by atoms with Crippen LogP contribution >= 0.6 is 27.7 Å². The van der Waals surface area contributed by atoms with Gasteiger partial charge in [0, 0.05) is 11.1 Å². The first kappa shape index (κ1) is 12.4. The van der Waals surface area contributed by atoms with Crippen LogP contribution in [0.1, 0.15) is 0 Å². The van der Waals surface area contributed by atoms with Crippen LogP contribution in [0.3, 0.4) is 0 Å². The van der Waals surface area contributed by atoms with Crippen LogP contribution < -0.4 is 5.73 Å². The Morgan fingerprint density at radius 2 is 1.84 bits per heavy atom. The molecule has 0 radical (unpaired) electrons. The second-order valence-electron chi connectivity index (χ2n) is 3.99. The summed E-state index contributed by atoms with van der Waals surface area (Å²) in [6.45, 7) is 0. The van der Waals surface area contributed by atoms with Crippen LogP contribution in [0, 0.1) is 0 Å². The van der Waals surface area contributed by atoms with Crippen LogP contribution in [0.2, 0.25) is 0 Å². The summed E-state index contributed by atoms with van der Waals surface area (Å²) < 4.78 is 0.847. The standard InChI is InChI=1S/C14H10BrN3S/c15-12-8-17-14(16)18-13(12)19-11-6-5-9-3-1-2-4-10(9)7-11/h1-8H,(H2,16,17,18). The monoisotopic (exact) mass is 331 g/mol. The number of anilines is 1. The largest absolute Gasteiger partial charge is 0.368 e. The van der Waals surface area contributed by atoms with E-state index in [9.17, 15) is 0 Å². The fourth-order valence-electron chi connectivity index (χ4n) is 1.78. The third-order valence-electron chi connectivity index (χ3n) is 2.67. The SMILES string of the molecule is Nc1ncc(Br)c(Sc2ccc3ccccc3c2)n1. The lowest BCUT2D eigenvalue weighted by Gasteiger charge is -2.05. The Morgan fingerprint density at radius 3 is 2.68 bits per heavy atom. The van der Waals surface area contributed by atoms with Crippen molar-refractivity contribution >= 4 is 44.4 Å². The summed E-state index contributed by atoms with van der Waals surface area (Å²) in [5, 5.41) is 3.27. The van der Waals surface area contributed by atoms with E-state index in [2.05, 4.69) is 56.2 Å². The molecule has 0 saturated carbocycles. The van der Waals surface area contributed by atoms with Crippen LogP contribution in [-0.2, 0) is 0 Å². The van der Waals surface area contributed by atoms with E-state index in [0.29, 0.717) is 0 Å². The van der Waals surface area contributed by atoms with Crippen molar-refractivity contribution < 1.29 is 0 Å². The number of nitrogen functional groups attached to an aromatic ring is 1. The van der Waals surface area contributed by atoms with E-state index < -0.39 is 0 Å². The van der Waals surface area contributed by atoms with Crippen molar-refractivity contribution in [3.63, 3.8) is 0 Å². The molecule has 0 saturated heterocycles. The summed E-state index contributed by atoms with van der Waals surface area (Å²) in [6.07, 6.45) is 1.67. The number of hydrogen-bond acceptors (Lipinski definition) is 4. The molecule has 0 bridgehead atoms. The molecule has 2 N–H and O–H groups in total. The molecule has 2 aromatic carbocycles. The number of benzene rings is 2. The van der Waals surface area contributed by atoms with Crippen molar-refractivity contribution in [1.82, 2.24) is 9.97 Å². The summed E-state index contributed by atoms with van der Waals surface area (Å²) >= 11 is 5.00. The van der Waals surface area contributed by atoms with Gasteiger partial charge in [-0.25, -0.2) is 9.97 Å². The van der Waals surface area contributed by atoms with Gasteiger partial charge in [-0.15, -0.1) is 0 Å². The average molecular weight is 332 g/mol. The van der Waals surface area contributed by atoms with Crippen LogP contribution in [0.15, 0.2) is 63.1 Å². The van der Waals surface area contributed by atoms with Gasteiger partial charge in [0.2, 0.25) is 5.95 Å². The lowest BCUT2D eigenvalue weighted by atomic mass is 10.1. The molecule has 0 amide bonds. The Labute approximate surface area is 123 Å². The fourth-order valence-corrected chi connectivity index (χ4v) is 3.05. The van der Waals surface area contributed by atoms with Crippen molar-refractivity contribution in [2.75, 3.05) is 5.73 Å². The predicted molar refractivity (Wildman–Crippen MR) is 82.2 cm³/mol. The Hall–Kier alpha value is -1.59. The first-order valence-electron chi connectivity index (χ1n) is 5.67. The van der Waals surface area contributed by atoms with E-state index in [1.165, 1.54) is 10.8 Å². The third-order valence-corrected chi connectivity index (χ3v) is 4.50. The first-order chi connectivity index (χ1) is 9.22. The minimum Gasteiger partial charge on any atom is -0.368 e. The van der Waals surface area contributed by atoms with E-state index >= 15 is 0 Å². The molecule has 0 spiro atoms.